The number of fused-ring (bicyclic) bond motifs is 1. The Bertz CT molecular complexity index is 1130. The number of carboxylic acids is 1. The van der Waals surface area contributed by atoms with Gasteiger partial charge in [0, 0.05) is 32.1 Å². The summed E-state index contributed by atoms with van der Waals surface area (Å²) in [5.41, 5.74) is 2.73. The molecule has 1 amide bonds. The van der Waals surface area contributed by atoms with Gasteiger partial charge < -0.3 is 19.3 Å². The number of halogens is 3. The van der Waals surface area contributed by atoms with Crippen LogP contribution in [0.4, 0.5) is 18.9 Å². The Morgan fingerprint density at radius 3 is 2.32 bits per heavy atom. The van der Waals surface area contributed by atoms with Crippen LogP contribution in [0.15, 0.2) is 41.3 Å². The van der Waals surface area contributed by atoms with E-state index in [1.807, 2.05) is 9.42 Å². The number of carbonyl (C=O) groups is 2. The molecule has 3 aromatic heterocycles. The number of likely N-dealkylation sites (tertiary alicyclic amines) is 1. The average Bonchev–Trinajstić information content (AvgIpc) is 3.59. The van der Waals surface area contributed by atoms with Crippen LogP contribution in [0.5, 0.6) is 0 Å². The second-order valence-corrected chi connectivity index (χ2v) is 8.24. The van der Waals surface area contributed by atoms with Crippen molar-refractivity contribution in [2.75, 3.05) is 31.1 Å². The summed E-state index contributed by atoms with van der Waals surface area (Å²) in [7, 11) is 0. The third-order valence-electron chi connectivity index (χ3n) is 5.96. The van der Waals surface area contributed by atoms with E-state index in [2.05, 4.69) is 23.2 Å². The van der Waals surface area contributed by atoms with E-state index in [1.54, 1.807) is 6.07 Å². The Morgan fingerprint density at radius 2 is 1.74 bits per heavy atom. The van der Waals surface area contributed by atoms with Crippen LogP contribution >= 0.6 is 0 Å². The number of pyridine rings is 1. The maximum absolute atomic E-state index is 12.4. The number of amides is 1. The fraction of sp³-hybridized carbons (Fsp3) is 0.455. The fourth-order valence-electron chi connectivity index (χ4n) is 4.13. The van der Waals surface area contributed by atoms with Gasteiger partial charge in [0.2, 0.25) is 0 Å². The minimum absolute atomic E-state index is 0.0421. The van der Waals surface area contributed by atoms with Gasteiger partial charge in [-0.05, 0) is 43.9 Å². The molecular weight excluding hydrogens is 455 g/mol. The summed E-state index contributed by atoms with van der Waals surface area (Å²) in [6.45, 7) is 3.69. The Labute approximate surface area is 192 Å². The average molecular weight is 479 g/mol. The van der Waals surface area contributed by atoms with Gasteiger partial charge in [-0.3, -0.25) is 4.79 Å². The molecule has 0 aromatic carbocycles. The smallest absolute Gasteiger partial charge is 0.475 e. The summed E-state index contributed by atoms with van der Waals surface area (Å²) in [5, 5.41) is 11.9. The molecule has 3 aromatic rings. The number of aromatic nitrogens is 3. The molecule has 2 saturated heterocycles. The summed E-state index contributed by atoms with van der Waals surface area (Å²) < 4.78 is 38.7. The fourth-order valence-corrected chi connectivity index (χ4v) is 4.13. The van der Waals surface area contributed by atoms with Gasteiger partial charge in [0.05, 0.1) is 23.7 Å². The zero-order valence-electron chi connectivity index (χ0n) is 18.2. The first kappa shape index (κ1) is 23.6. The maximum atomic E-state index is 12.4. The standard InChI is InChI=1S/C20H23N5O2.C2HF3O2/c26-20(16-7-12-27-14-16)24-10-5-15(6-11-24)19-21-18-4-3-17(13-25(18)22-19)23-8-1-2-9-23;3-2(4,5)1(6)7/h3-4,7,12-15H,1-2,5-6,8-11H2;(H,6,7). The highest BCUT2D eigenvalue weighted by atomic mass is 19.4. The molecule has 0 aliphatic carbocycles. The molecule has 2 fully saturated rings. The van der Waals surface area contributed by atoms with Crippen LogP contribution in [0.1, 0.15) is 47.8 Å². The molecule has 0 atom stereocenters. The van der Waals surface area contributed by atoms with Gasteiger partial charge in [0.1, 0.15) is 6.26 Å². The molecule has 182 valence electrons. The number of piperidine rings is 1. The molecule has 0 unspecified atom stereocenters. The van der Waals surface area contributed by atoms with Crippen LogP contribution < -0.4 is 4.90 Å². The van der Waals surface area contributed by atoms with Gasteiger partial charge >= 0.3 is 12.1 Å². The lowest BCUT2D eigenvalue weighted by molar-refractivity contribution is -0.192. The predicted molar refractivity (Wildman–Crippen MR) is 115 cm³/mol. The van der Waals surface area contributed by atoms with E-state index in [1.165, 1.54) is 31.1 Å². The molecule has 2 aliphatic heterocycles. The number of hydrogen-bond acceptors (Lipinski definition) is 6. The third kappa shape index (κ3) is 5.32. The lowest BCUT2D eigenvalue weighted by atomic mass is 9.96. The Hall–Kier alpha value is -3.57. The summed E-state index contributed by atoms with van der Waals surface area (Å²) in [5.74, 6) is -1.52. The van der Waals surface area contributed by atoms with Crippen LogP contribution in [0.2, 0.25) is 0 Å². The Morgan fingerprint density at radius 1 is 1.06 bits per heavy atom. The van der Waals surface area contributed by atoms with Crippen molar-refractivity contribution >= 4 is 23.2 Å². The number of furan rings is 1. The van der Waals surface area contributed by atoms with Crippen LogP contribution in [-0.4, -0.2) is 68.8 Å². The van der Waals surface area contributed by atoms with Crippen LogP contribution in [0, 0.1) is 0 Å². The highest BCUT2D eigenvalue weighted by Gasteiger charge is 2.38. The van der Waals surface area contributed by atoms with Crippen molar-refractivity contribution in [2.45, 2.75) is 37.8 Å². The molecule has 5 heterocycles. The molecule has 0 radical (unpaired) electrons. The maximum Gasteiger partial charge on any atom is 0.490 e. The van der Waals surface area contributed by atoms with Crippen molar-refractivity contribution < 1.29 is 32.3 Å². The Balaban J connectivity index is 0.000000344. The summed E-state index contributed by atoms with van der Waals surface area (Å²) in [6.07, 6.45) is 4.36. The van der Waals surface area contributed by atoms with Crippen LogP contribution in [-0.2, 0) is 4.79 Å². The van der Waals surface area contributed by atoms with E-state index in [9.17, 15) is 18.0 Å². The summed E-state index contributed by atoms with van der Waals surface area (Å²) in [4.78, 5) is 30.4. The van der Waals surface area contributed by atoms with Crippen molar-refractivity contribution in [3.63, 3.8) is 0 Å². The van der Waals surface area contributed by atoms with E-state index >= 15 is 0 Å². The molecule has 34 heavy (non-hydrogen) atoms. The van der Waals surface area contributed by atoms with E-state index in [-0.39, 0.29) is 5.91 Å². The number of hydrogen-bond donors (Lipinski definition) is 1. The second-order valence-electron chi connectivity index (χ2n) is 8.24. The SMILES string of the molecule is O=C(O)C(F)(F)F.O=C(c1ccoc1)N1CCC(c2nc3ccc(N4CCCC4)cn3n2)CC1. The van der Waals surface area contributed by atoms with Gasteiger partial charge in [-0.2, -0.15) is 18.3 Å². The van der Waals surface area contributed by atoms with E-state index < -0.39 is 12.1 Å². The zero-order valence-corrected chi connectivity index (χ0v) is 18.2. The van der Waals surface area contributed by atoms with E-state index in [4.69, 9.17) is 24.4 Å². The number of rotatable bonds is 3. The molecule has 2 aliphatic rings. The number of alkyl halides is 3. The number of carboxylic acid groups (broad SMARTS) is 1. The minimum Gasteiger partial charge on any atom is -0.475 e. The molecule has 1 N–H and O–H groups in total. The molecule has 5 rings (SSSR count). The van der Waals surface area contributed by atoms with Crippen molar-refractivity contribution in [3.8, 4) is 0 Å². The van der Waals surface area contributed by atoms with Crippen molar-refractivity contribution in [1.29, 1.82) is 0 Å². The quantitative estimate of drug-likeness (QED) is 0.612. The largest absolute Gasteiger partial charge is 0.490 e. The molecule has 0 bridgehead atoms. The van der Waals surface area contributed by atoms with E-state index in [0.717, 1.165) is 50.5 Å². The monoisotopic (exact) mass is 479 g/mol. The first-order valence-electron chi connectivity index (χ1n) is 11.0. The minimum atomic E-state index is -5.08. The number of aliphatic carboxylic acids is 1. The number of anilines is 1. The normalized spacial score (nSPS) is 17.0. The first-order chi connectivity index (χ1) is 16.2. The van der Waals surface area contributed by atoms with Gasteiger partial charge in [-0.1, -0.05) is 0 Å². The highest BCUT2D eigenvalue weighted by Crippen LogP contribution is 2.28. The molecular formula is C22H24F3N5O4. The number of carbonyl (C=O) groups excluding carboxylic acids is 1. The lowest BCUT2D eigenvalue weighted by Crippen LogP contribution is -2.37. The van der Waals surface area contributed by atoms with Crippen LogP contribution in [0.25, 0.3) is 5.65 Å². The van der Waals surface area contributed by atoms with Crippen LogP contribution in [0.3, 0.4) is 0 Å². The zero-order chi connectivity index (χ0) is 24.3. The molecule has 12 heteroatoms. The Kier molecular flexibility index (Phi) is 6.75. The molecule has 0 spiro atoms. The lowest BCUT2D eigenvalue weighted by Gasteiger charge is -2.30. The first-order valence-corrected chi connectivity index (χ1v) is 11.0. The summed E-state index contributed by atoms with van der Waals surface area (Å²) >= 11 is 0. The van der Waals surface area contributed by atoms with Crippen molar-refractivity contribution in [1.82, 2.24) is 19.5 Å². The molecule has 0 saturated carbocycles. The van der Waals surface area contributed by atoms with E-state index in [0.29, 0.717) is 11.5 Å². The van der Waals surface area contributed by atoms with Crippen molar-refractivity contribution in [2.24, 2.45) is 0 Å². The predicted octanol–water partition coefficient (Wildman–Crippen LogP) is 3.58. The van der Waals surface area contributed by atoms with Gasteiger partial charge in [0.15, 0.2) is 11.5 Å². The topological polar surface area (TPSA) is 104 Å². The third-order valence-corrected chi connectivity index (χ3v) is 5.96. The second kappa shape index (κ2) is 9.74. The van der Waals surface area contributed by atoms with Crippen molar-refractivity contribution in [3.05, 3.63) is 48.3 Å². The van der Waals surface area contributed by atoms with Gasteiger partial charge in [-0.25, -0.2) is 14.3 Å². The number of nitrogens with zero attached hydrogens (tertiary/aromatic N) is 5. The summed E-state index contributed by atoms with van der Waals surface area (Å²) in [6, 6.07) is 5.92. The van der Waals surface area contributed by atoms with Gasteiger partial charge in [0.25, 0.3) is 5.91 Å². The molecule has 9 nitrogen and oxygen atoms in total. The van der Waals surface area contributed by atoms with Gasteiger partial charge in [-0.15, -0.1) is 0 Å². The highest BCUT2D eigenvalue weighted by molar-refractivity contribution is 5.93.